The molecule has 0 spiro atoms. The molecule has 5 nitrogen and oxygen atoms in total. The third-order valence-corrected chi connectivity index (χ3v) is 3.52. The Balaban J connectivity index is 2.00. The molecule has 1 aromatic heterocycles. The van der Waals surface area contributed by atoms with Gasteiger partial charge in [-0.2, -0.15) is 0 Å². The molecule has 1 saturated heterocycles. The van der Waals surface area contributed by atoms with Crippen molar-refractivity contribution in [3.8, 4) is 0 Å². The van der Waals surface area contributed by atoms with Crippen molar-refractivity contribution < 1.29 is 9.37 Å². The molecule has 0 bridgehead atoms. The lowest BCUT2D eigenvalue weighted by atomic mass is 10.3. The van der Waals surface area contributed by atoms with Gasteiger partial charge in [0.15, 0.2) is 0 Å². The van der Waals surface area contributed by atoms with Gasteiger partial charge in [-0.25, -0.2) is 0 Å². The first-order chi connectivity index (χ1) is 7.68. The number of rotatable bonds is 1. The number of nitrogens with zero attached hydrogens (tertiary/aromatic N) is 2. The molecule has 0 radical (unpaired) electrons. The van der Waals surface area contributed by atoms with Crippen molar-refractivity contribution in [2.45, 2.75) is 0 Å². The van der Waals surface area contributed by atoms with E-state index in [0.717, 1.165) is 4.88 Å². The van der Waals surface area contributed by atoms with Gasteiger partial charge in [-0.1, -0.05) is 6.07 Å². The smallest absolute Gasteiger partial charge is 0.332 e. The molecule has 1 aromatic rings. The minimum absolute atomic E-state index is 0.102. The first kappa shape index (κ1) is 10.9. The summed E-state index contributed by atoms with van der Waals surface area (Å²) < 4.78 is 1.89. The highest BCUT2D eigenvalue weighted by Gasteiger charge is 2.22. The van der Waals surface area contributed by atoms with E-state index in [9.17, 15) is 4.79 Å². The van der Waals surface area contributed by atoms with E-state index in [1.165, 1.54) is 11.3 Å². The molecule has 0 aliphatic carbocycles. The molecule has 86 valence electrons. The minimum Gasteiger partial charge on any atom is -0.332 e. The van der Waals surface area contributed by atoms with Crippen molar-refractivity contribution in [3.05, 3.63) is 22.4 Å². The number of hydrogen-bond donors (Lipinski definition) is 2. The zero-order valence-corrected chi connectivity index (χ0v) is 9.74. The Hall–Kier alpha value is -1.56. The van der Waals surface area contributed by atoms with Crippen molar-refractivity contribution in [1.29, 1.82) is 0 Å². The summed E-state index contributed by atoms with van der Waals surface area (Å²) in [5.41, 5.74) is 11.0. The van der Waals surface area contributed by atoms with Crippen molar-refractivity contribution >= 4 is 23.2 Å². The number of guanidine groups is 1. The second-order valence-corrected chi connectivity index (χ2v) is 4.63. The third kappa shape index (κ3) is 2.16. The Labute approximate surface area is 98.0 Å². The Morgan fingerprint density at radius 3 is 2.56 bits per heavy atom. The van der Waals surface area contributed by atoms with Crippen LogP contribution < -0.4 is 11.5 Å². The van der Waals surface area contributed by atoms with Gasteiger partial charge in [0.25, 0.3) is 5.91 Å². The molecule has 1 aliphatic rings. The number of piperazine rings is 1. The highest BCUT2D eigenvalue weighted by Crippen LogP contribution is 2.12. The monoisotopic (exact) mass is 239 g/mol. The first-order valence-electron chi connectivity index (χ1n) is 5.14. The van der Waals surface area contributed by atoms with Gasteiger partial charge in [0.2, 0.25) is 0 Å². The molecule has 16 heavy (non-hydrogen) atoms. The van der Waals surface area contributed by atoms with Crippen molar-refractivity contribution in [2.24, 2.45) is 11.5 Å². The number of hydrogen-bond acceptors (Lipinski definition) is 2. The zero-order valence-electron chi connectivity index (χ0n) is 8.93. The summed E-state index contributed by atoms with van der Waals surface area (Å²) >= 11 is 1.47. The van der Waals surface area contributed by atoms with Gasteiger partial charge in [-0.15, -0.1) is 11.3 Å². The van der Waals surface area contributed by atoms with Crippen LogP contribution in [0.2, 0.25) is 0 Å². The van der Waals surface area contributed by atoms with Gasteiger partial charge in [-0.05, 0) is 11.4 Å². The van der Waals surface area contributed by atoms with Crippen LogP contribution in [0.15, 0.2) is 17.5 Å². The SMILES string of the molecule is NC(N)=[N+]1CCN(C(=O)c2cccs2)CC1. The van der Waals surface area contributed by atoms with Crippen molar-refractivity contribution in [3.63, 3.8) is 0 Å². The number of thiophene rings is 1. The zero-order chi connectivity index (χ0) is 11.5. The molecule has 1 aliphatic heterocycles. The molecular weight excluding hydrogens is 224 g/mol. The maximum atomic E-state index is 12.0. The van der Waals surface area contributed by atoms with E-state index in [-0.39, 0.29) is 5.91 Å². The maximum absolute atomic E-state index is 12.0. The second-order valence-electron chi connectivity index (χ2n) is 3.68. The number of amides is 1. The predicted octanol–water partition coefficient (Wildman–Crippen LogP) is -0.510. The summed E-state index contributed by atoms with van der Waals surface area (Å²) in [5.74, 6) is 0.438. The van der Waals surface area contributed by atoms with Gasteiger partial charge >= 0.3 is 5.96 Å². The lowest BCUT2D eigenvalue weighted by molar-refractivity contribution is -0.539. The van der Waals surface area contributed by atoms with Gasteiger partial charge in [0.1, 0.15) is 0 Å². The Bertz CT molecular complexity index is 398. The molecular formula is C10H15N4OS+. The Kier molecular flexibility index (Phi) is 3.09. The number of nitrogens with two attached hydrogens (primary N) is 2. The van der Waals surface area contributed by atoms with Gasteiger partial charge in [0, 0.05) is 0 Å². The highest BCUT2D eigenvalue weighted by atomic mass is 32.1. The normalized spacial score (nSPS) is 16.2. The van der Waals surface area contributed by atoms with E-state index in [0.29, 0.717) is 32.1 Å². The van der Waals surface area contributed by atoms with Crippen LogP contribution in [-0.2, 0) is 0 Å². The van der Waals surface area contributed by atoms with E-state index in [1.807, 2.05) is 27.0 Å². The third-order valence-electron chi connectivity index (χ3n) is 2.66. The highest BCUT2D eigenvalue weighted by molar-refractivity contribution is 7.12. The lowest BCUT2D eigenvalue weighted by Gasteiger charge is -2.27. The summed E-state index contributed by atoms with van der Waals surface area (Å²) in [6.07, 6.45) is 0. The number of carbonyl (C=O) groups excluding carboxylic acids is 1. The standard InChI is InChI=1S/C10H14N4OS/c11-10(12)14-5-3-13(4-6-14)9(15)8-2-1-7-16-8/h1-2,7H,3-6H2,(H3,11,12)/p+1. The van der Waals surface area contributed by atoms with Crippen LogP contribution in [0.1, 0.15) is 9.67 Å². The van der Waals surface area contributed by atoms with Crippen LogP contribution in [0.25, 0.3) is 0 Å². The van der Waals surface area contributed by atoms with Crippen LogP contribution in [0.4, 0.5) is 0 Å². The van der Waals surface area contributed by atoms with E-state index in [2.05, 4.69) is 0 Å². The van der Waals surface area contributed by atoms with Crippen LogP contribution >= 0.6 is 11.3 Å². The fourth-order valence-corrected chi connectivity index (χ4v) is 2.41. The summed E-state index contributed by atoms with van der Waals surface area (Å²) in [6.45, 7) is 2.77. The summed E-state index contributed by atoms with van der Waals surface area (Å²) in [5, 5.41) is 1.91. The topological polar surface area (TPSA) is 75.4 Å². The quantitative estimate of drug-likeness (QED) is 0.512. The molecule has 1 fully saturated rings. The molecule has 2 heterocycles. The molecule has 1 amide bonds. The van der Waals surface area contributed by atoms with Crippen molar-refractivity contribution in [2.75, 3.05) is 26.2 Å². The molecule has 0 saturated carbocycles. The number of carbonyl (C=O) groups is 1. The summed E-state index contributed by atoms with van der Waals surface area (Å²) in [7, 11) is 0. The molecule has 0 atom stereocenters. The van der Waals surface area contributed by atoms with E-state index >= 15 is 0 Å². The van der Waals surface area contributed by atoms with Crippen LogP contribution in [0.5, 0.6) is 0 Å². The maximum Gasteiger partial charge on any atom is 0.341 e. The van der Waals surface area contributed by atoms with Crippen LogP contribution in [0.3, 0.4) is 0 Å². The molecule has 4 N–H and O–H groups in total. The van der Waals surface area contributed by atoms with Crippen LogP contribution in [0, 0.1) is 0 Å². The van der Waals surface area contributed by atoms with Gasteiger partial charge in [-0.3, -0.25) is 20.8 Å². The minimum atomic E-state index is 0.102. The molecule has 0 aromatic carbocycles. The Morgan fingerprint density at radius 2 is 2.06 bits per heavy atom. The average molecular weight is 239 g/mol. The lowest BCUT2D eigenvalue weighted by Crippen LogP contribution is -2.49. The van der Waals surface area contributed by atoms with E-state index < -0.39 is 0 Å². The fourth-order valence-electron chi connectivity index (χ4n) is 1.72. The molecule has 0 unspecified atom stereocenters. The van der Waals surface area contributed by atoms with Crippen LogP contribution in [-0.4, -0.2) is 47.5 Å². The predicted molar refractivity (Wildman–Crippen MR) is 63.6 cm³/mol. The van der Waals surface area contributed by atoms with E-state index in [4.69, 9.17) is 11.5 Å². The summed E-state index contributed by atoms with van der Waals surface area (Å²) in [6, 6.07) is 3.74. The first-order valence-corrected chi connectivity index (χ1v) is 6.02. The fraction of sp³-hybridized carbons (Fsp3) is 0.400. The van der Waals surface area contributed by atoms with Crippen molar-refractivity contribution in [1.82, 2.24) is 4.90 Å². The largest absolute Gasteiger partial charge is 0.341 e. The van der Waals surface area contributed by atoms with Gasteiger partial charge < -0.3 is 4.90 Å². The van der Waals surface area contributed by atoms with Gasteiger partial charge in [0.05, 0.1) is 31.1 Å². The molecule has 2 rings (SSSR count). The summed E-state index contributed by atoms with van der Waals surface area (Å²) in [4.78, 5) is 14.6. The van der Waals surface area contributed by atoms with E-state index in [1.54, 1.807) is 0 Å². The average Bonchev–Trinajstić information content (AvgIpc) is 2.81. The second kappa shape index (κ2) is 4.52. The Morgan fingerprint density at radius 1 is 1.38 bits per heavy atom. The molecule has 6 heteroatoms.